The third kappa shape index (κ3) is 7.92. The fraction of sp³-hybridized carbons (Fsp3) is 0.667. The van der Waals surface area contributed by atoms with E-state index in [1.54, 1.807) is 13.8 Å². The third-order valence-electron chi connectivity index (χ3n) is 3.43. The van der Waals surface area contributed by atoms with Crippen molar-refractivity contribution in [3.05, 3.63) is 0 Å². The van der Waals surface area contributed by atoms with E-state index in [0.717, 1.165) is 0 Å². The average Bonchev–Trinajstić information content (AvgIpc) is 2.50. The second-order valence-electron chi connectivity index (χ2n) is 6.32. The van der Waals surface area contributed by atoms with Crippen molar-refractivity contribution >= 4 is 29.6 Å². The van der Waals surface area contributed by atoms with Crippen molar-refractivity contribution in [1.29, 1.82) is 0 Å². The molecule has 0 aromatic carbocycles. The van der Waals surface area contributed by atoms with Gasteiger partial charge in [0.25, 0.3) is 0 Å². The zero-order valence-corrected chi connectivity index (χ0v) is 15.2. The molecule has 0 aliphatic carbocycles. The summed E-state index contributed by atoms with van der Waals surface area (Å²) in [4.78, 5) is 58.1. The Morgan fingerprint density at radius 3 is 1.81 bits per heavy atom. The molecule has 8 N–H and O–H groups in total. The second-order valence-corrected chi connectivity index (χ2v) is 6.32. The van der Waals surface area contributed by atoms with Gasteiger partial charge in [0.1, 0.15) is 18.1 Å². The van der Waals surface area contributed by atoms with Crippen LogP contribution in [0.15, 0.2) is 0 Å². The maximum absolute atomic E-state index is 12.3. The van der Waals surface area contributed by atoms with Crippen LogP contribution in [0.5, 0.6) is 0 Å². The van der Waals surface area contributed by atoms with Crippen LogP contribution < -0.4 is 27.4 Å². The number of rotatable bonds is 10. The van der Waals surface area contributed by atoms with Crippen molar-refractivity contribution in [1.82, 2.24) is 16.0 Å². The normalized spacial score (nSPS) is 15.3. The lowest BCUT2D eigenvalue weighted by Crippen LogP contribution is -2.57. The number of hydrogen-bond donors (Lipinski definition) is 6. The van der Waals surface area contributed by atoms with E-state index in [0.29, 0.717) is 0 Å². The molecule has 4 unspecified atom stereocenters. The van der Waals surface area contributed by atoms with Gasteiger partial charge < -0.3 is 32.5 Å². The van der Waals surface area contributed by atoms with Gasteiger partial charge >= 0.3 is 5.97 Å². The Balaban J connectivity index is 5.03. The van der Waals surface area contributed by atoms with Gasteiger partial charge in [-0.3, -0.25) is 19.2 Å². The zero-order chi connectivity index (χ0) is 20.6. The van der Waals surface area contributed by atoms with Crippen LogP contribution in [0, 0.1) is 5.92 Å². The Kier molecular flexibility index (Phi) is 9.27. The van der Waals surface area contributed by atoms with Gasteiger partial charge in [-0.25, -0.2) is 4.79 Å². The van der Waals surface area contributed by atoms with Gasteiger partial charge in [-0.2, -0.15) is 0 Å². The molecule has 0 spiro atoms. The van der Waals surface area contributed by atoms with Gasteiger partial charge in [-0.05, 0) is 19.8 Å². The first kappa shape index (κ1) is 23.3. The molecule has 0 aliphatic heterocycles. The van der Waals surface area contributed by atoms with Gasteiger partial charge in [-0.15, -0.1) is 0 Å². The summed E-state index contributed by atoms with van der Waals surface area (Å²) in [6.07, 6.45) is -0.583. The lowest BCUT2D eigenvalue weighted by Gasteiger charge is -2.25. The number of carbonyl (C=O) groups excluding carboxylic acids is 4. The number of carbonyl (C=O) groups is 5. The molecule has 11 nitrogen and oxygen atoms in total. The standard InChI is InChI=1S/C15H27N5O6/c1-6(2)11(14(24)19-9(15(25)26)5-10(17)21)20-13(23)8(4)18-12(22)7(3)16/h6-9,11H,5,16H2,1-4H3,(H2,17,21)(H,18,22)(H,19,24)(H,20,23)(H,25,26). The number of nitrogens with two attached hydrogens (primary N) is 2. The first-order chi connectivity index (χ1) is 11.9. The van der Waals surface area contributed by atoms with E-state index in [9.17, 15) is 24.0 Å². The SMILES string of the molecule is CC(N)C(=O)NC(C)C(=O)NC(C(=O)NC(CC(N)=O)C(=O)O)C(C)C. The van der Waals surface area contributed by atoms with Crippen molar-refractivity contribution in [2.75, 3.05) is 0 Å². The van der Waals surface area contributed by atoms with Crippen molar-refractivity contribution in [3.8, 4) is 0 Å². The molecule has 4 amide bonds. The lowest BCUT2D eigenvalue weighted by molar-refractivity contribution is -0.144. The lowest BCUT2D eigenvalue weighted by atomic mass is 10.0. The molecular formula is C15H27N5O6. The molecule has 0 saturated heterocycles. The second kappa shape index (κ2) is 10.3. The largest absolute Gasteiger partial charge is 0.480 e. The highest BCUT2D eigenvalue weighted by Crippen LogP contribution is 2.04. The smallest absolute Gasteiger partial charge is 0.326 e. The summed E-state index contributed by atoms with van der Waals surface area (Å²) in [5, 5.41) is 16.0. The van der Waals surface area contributed by atoms with E-state index < -0.39 is 66.1 Å². The number of nitrogens with one attached hydrogen (secondary N) is 3. The minimum absolute atomic E-state index is 0.390. The van der Waals surface area contributed by atoms with E-state index in [1.807, 2.05) is 0 Å². The van der Waals surface area contributed by atoms with E-state index in [-0.39, 0.29) is 0 Å². The molecule has 4 atom stereocenters. The van der Waals surface area contributed by atoms with Crippen molar-refractivity contribution in [3.63, 3.8) is 0 Å². The maximum atomic E-state index is 12.3. The predicted molar refractivity (Wildman–Crippen MR) is 91.4 cm³/mol. The van der Waals surface area contributed by atoms with E-state index in [2.05, 4.69) is 16.0 Å². The molecular weight excluding hydrogens is 346 g/mol. The van der Waals surface area contributed by atoms with Crippen molar-refractivity contribution < 1.29 is 29.1 Å². The summed E-state index contributed by atoms with van der Waals surface area (Å²) in [6, 6.07) is -4.34. The third-order valence-corrected chi connectivity index (χ3v) is 3.43. The molecule has 0 fully saturated rings. The number of hydrogen-bond acceptors (Lipinski definition) is 6. The Bertz CT molecular complexity index is 563. The highest BCUT2D eigenvalue weighted by atomic mass is 16.4. The van der Waals surface area contributed by atoms with Crippen molar-refractivity contribution in [2.45, 2.75) is 58.3 Å². The van der Waals surface area contributed by atoms with Gasteiger partial charge in [0, 0.05) is 0 Å². The Labute approximate surface area is 151 Å². The number of carboxylic acid groups (broad SMARTS) is 1. The number of amides is 4. The quantitative estimate of drug-likeness (QED) is 0.242. The molecule has 0 aromatic heterocycles. The molecule has 0 aliphatic rings. The molecule has 0 saturated carbocycles. The molecule has 11 heteroatoms. The Hall–Kier alpha value is -2.69. The van der Waals surface area contributed by atoms with E-state index in [4.69, 9.17) is 16.6 Å². The fourth-order valence-electron chi connectivity index (χ4n) is 1.89. The van der Waals surface area contributed by atoms with Crippen LogP contribution in [0.25, 0.3) is 0 Å². The van der Waals surface area contributed by atoms with Gasteiger partial charge in [0.2, 0.25) is 23.6 Å². The summed E-state index contributed by atoms with van der Waals surface area (Å²) in [5.74, 6) is -4.68. The topological polar surface area (TPSA) is 194 Å². The summed E-state index contributed by atoms with van der Waals surface area (Å²) >= 11 is 0. The molecule has 0 bridgehead atoms. The number of carboxylic acids is 1. The average molecular weight is 373 g/mol. The zero-order valence-electron chi connectivity index (χ0n) is 15.2. The molecule has 0 radical (unpaired) electrons. The van der Waals surface area contributed by atoms with Crippen LogP contribution in [0.3, 0.4) is 0 Å². The number of primary amides is 1. The van der Waals surface area contributed by atoms with Crippen LogP contribution in [-0.2, 0) is 24.0 Å². The fourth-order valence-corrected chi connectivity index (χ4v) is 1.89. The van der Waals surface area contributed by atoms with Crippen LogP contribution in [-0.4, -0.2) is 58.9 Å². The molecule has 148 valence electrons. The molecule has 0 heterocycles. The molecule has 26 heavy (non-hydrogen) atoms. The maximum Gasteiger partial charge on any atom is 0.326 e. The Morgan fingerprint density at radius 2 is 1.42 bits per heavy atom. The van der Waals surface area contributed by atoms with Gasteiger partial charge in [0.15, 0.2) is 0 Å². The summed E-state index contributed by atoms with van der Waals surface area (Å²) in [6.45, 7) is 6.15. The van der Waals surface area contributed by atoms with E-state index >= 15 is 0 Å². The van der Waals surface area contributed by atoms with Crippen LogP contribution >= 0.6 is 0 Å². The monoisotopic (exact) mass is 373 g/mol. The van der Waals surface area contributed by atoms with Crippen LogP contribution in [0.1, 0.15) is 34.1 Å². The van der Waals surface area contributed by atoms with Crippen molar-refractivity contribution in [2.24, 2.45) is 17.4 Å². The highest BCUT2D eigenvalue weighted by molar-refractivity contribution is 5.94. The predicted octanol–water partition coefficient (Wildman–Crippen LogP) is -2.58. The van der Waals surface area contributed by atoms with E-state index in [1.165, 1.54) is 13.8 Å². The molecule has 0 rings (SSSR count). The first-order valence-electron chi connectivity index (χ1n) is 8.04. The molecule has 0 aromatic rings. The summed E-state index contributed by atoms with van der Waals surface area (Å²) in [5.41, 5.74) is 10.4. The van der Waals surface area contributed by atoms with Gasteiger partial charge in [-0.1, -0.05) is 13.8 Å². The minimum atomic E-state index is -1.51. The first-order valence-corrected chi connectivity index (χ1v) is 8.04. The minimum Gasteiger partial charge on any atom is -0.480 e. The van der Waals surface area contributed by atoms with Gasteiger partial charge in [0.05, 0.1) is 12.5 Å². The van der Waals surface area contributed by atoms with Crippen LogP contribution in [0.4, 0.5) is 0 Å². The number of aliphatic carboxylic acids is 1. The highest BCUT2D eigenvalue weighted by Gasteiger charge is 2.30. The Morgan fingerprint density at radius 1 is 0.885 bits per heavy atom. The summed E-state index contributed by atoms with van der Waals surface area (Å²) in [7, 11) is 0. The van der Waals surface area contributed by atoms with Crippen LogP contribution in [0.2, 0.25) is 0 Å². The summed E-state index contributed by atoms with van der Waals surface area (Å²) < 4.78 is 0.